The molecule has 2 saturated heterocycles. The number of likely N-dealkylation sites (tertiary alicyclic amines) is 1. The summed E-state index contributed by atoms with van der Waals surface area (Å²) in [7, 11) is 2.15. The van der Waals surface area contributed by atoms with E-state index in [4.69, 9.17) is 0 Å². The van der Waals surface area contributed by atoms with Crippen LogP contribution in [0.15, 0.2) is 6.20 Å². The van der Waals surface area contributed by atoms with Gasteiger partial charge in [0.2, 0.25) is 0 Å². The standard InChI is InChI=1S/C15H26N6O/c1-20-8-4-12(5-9-20)10-17-15(22)14-11-21(19-18-14)13-2-6-16-7-3-13/h11-13,16H,2-10H2,1H3,(H,17,22). The molecule has 2 N–H and O–H groups in total. The Kier molecular flexibility index (Phi) is 5.04. The molecule has 0 radical (unpaired) electrons. The van der Waals surface area contributed by atoms with Gasteiger partial charge in [0, 0.05) is 6.54 Å². The smallest absolute Gasteiger partial charge is 0.273 e. The van der Waals surface area contributed by atoms with Crippen LogP contribution in [0.25, 0.3) is 0 Å². The molecule has 7 heteroatoms. The summed E-state index contributed by atoms with van der Waals surface area (Å²) in [6.07, 6.45) is 6.18. The highest BCUT2D eigenvalue weighted by Gasteiger charge is 2.20. The van der Waals surface area contributed by atoms with Crippen LogP contribution in [0.5, 0.6) is 0 Å². The molecule has 0 aromatic carbocycles. The summed E-state index contributed by atoms with van der Waals surface area (Å²) in [5.41, 5.74) is 0.437. The summed E-state index contributed by atoms with van der Waals surface area (Å²) in [6.45, 7) is 4.98. The maximum Gasteiger partial charge on any atom is 0.273 e. The third-order valence-electron chi connectivity index (χ3n) is 4.82. The third-order valence-corrected chi connectivity index (χ3v) is 4.82. The normalized spacial score (nSPS) is 21.9. The van der Waals surface area contributed by atoms with Gasteiger partial charge in [0.15, 0.2) is 5.69 Å². The fraction of sp³-hybridized carbons (Fsp3) is 0.800. The average molecular weight is 306 g/mol. The summed E-state index contributed by atoms with van der Waals surface area (Å²) < 4.78 is 1.85. The molecule has 0 spiro atoms. The Bertz CT molecular complexity index is 488. The Balaban J connectivity index is 1.49. The zero-order valence-corrected chi connectivity index (χ0v) is 13.3. The largest absolute Gasteiger partial charge is 0.350 e. The summed E-state index contributed by atoms with van der Waals surface area (Å²) in [5, 5.41) is 14.5. The van der Waals surface area contributed by atoms with Gasteiger partial charge in [-0.1, -0.05) is 5.21 Å². The van der Waals surface area contributed by atoms with Crippen LogP contribution in [0.2, 0.25) is 0 Å². The molecule has 1 aromatic heterocycles. The number of hydrogen-bond acceptors (Lipinski definition) is 5. The van der Waals surface area contributed by atoms with Crippen LogP contribution in [-0.2, 0) is 0 Å². The first-order chi connectivity index (χ1) is 10.7. The molecule has 2 fully saturated rings. The average Bonchev–Trinajstić information content (AvgIpc) is 3.05. The zero-order valence-electron chi connectivity index (χ0n) is 13.3. The molecule has 0 saturated carbocycles. The number of nitrogens with zero attached hydrogens (tertiary/aromatic N) is 4. The maximum absolute atomic E-state index is 12.2. The van der Waals surface area contributed by atoms with Gasteiger partial charge in [0.1, 0.15) is 0 Å². The molecule has 0 bridgehead atoms. The fourth-order valence-corrected chi connectivity index (χ4v) is 3.22. The lowest BCUT2D eigenvalue weighted by molar-refractivity contribution is 0.0934. The number of rotatable bonds is 4. The first-order valence-corrected chi connectivity index (χ1v) is 8.31. The van der Waals surface area contributed by atoms with E-state index in [0.29, 0.717) is 17.7 Å². The third kappa shape index (κ3) is 3.84. The Hall–Kier alpha value is -1.47. The molecule has 1 aromatic rings. The highest BCUT2D eigenvalue weighted by Crippen LogP contribution is 2.17. The summed E-state index contributed by atoms with van der Waals surface area (Å²) >= 11 is 0. The molecule has 22 heavy (non-hydrogen) atoms. The second kappa shape index (κ2) is 7.19. The van der Waals surface area contributed by atoms with E-state index in [1.165, 1.54) is 0 Å². The number of piperidine rings is 2. The molecule has 7 nitrogen and oxygen atoms in total. The molecular weight excluding hydrogens is 280 g/mol. The predicted molar refractivity (Wildman–Crippen MR) is 83.7 cm³/mol. The van der Waals surface area contributed by atoms with Crippen molar-refractivity contribution in [3.63, 3.8) is 0 Å². The molecule has 122 valence electrons. The zero-order chi connectivity index (χ0) is 15.4. The van der Waals surface area contributed by atoms with E-state index in [1.54, 1.807) is 6.20 Å². The first kappa shape index (κ1) is 15.4. The lowest BCUT2D eigenvalue weighted by atomic mass is 9.97. The van der Waals surface area contributed by atoms with Gasteiger partial charge in [0.05, 0.1) is 12.2 Å². The molecule has 2 aliphatic heterocycles. The van der Waals surface area contributed by atoms with E-state index in [9.17, 15) is 4.79 Å². The van der Waals surface area contributed by atoms with Crippen LogP contribution >= 0.6 is 0 Å². The summed E-state index contributed by atoms with van der Waals surface area (Å²) in [6, 6.07) is 0.365. The lowest BCUT2D eigenvalue weighted by Crippen LogP contribution is -2.37. The van der Waals surface area contributed by atoms with Gasteiger partial charge in [0.25, 0.3) is 5.91 Å². The van der Waals surface area contributed by atoms with Crippen molar-refractivity contribution in [2.75, 3.05) is 39.8 Å². The van der Waals surface area contributed by atoms with Gasteiger partial charge in [-0.15, -0.1) is 5.10 Å². The van der Waals surface area contributed by atoms with E-state index in [-0.39, 0.29) is 5.91 Å². The highest BCUT2D eigenvalue weighted by molar-refractivity contribution is 5.91. The Morgan fingerprint density at radius 3 is 2.77 bits per heavy atom. The Morgan fingerprint density at radius 2 is 2.05 bits per heavy atom. The molecule has 3 rings (SSSR count). The van der Waals surface area contributed by atoms with E-state index in [2.05, 4.69) is 32.9 Å². The fourth-order valence-electron chi connectivity index (χ4n) is 3.22. The SMILES string of the molecule is CN1CCC(CNC(=O)c2cn(C3CCNCC3)nn2)CC1. The first-order valence-electron chi connectivity index (χ1n) is 8.31. The quantitative estimate of drug-likeness (QED) is 0.835. The van der Waals surface area contributed by atoms with Crippen LogP contribution in [0.1, 0.15) is 42.2 Å². The molecular formula is C15H26N6O. The Morgan fingerprint density at radius 1 is 1.32 bits per heavy atom. The summed E-state index contributed by atoms with van der Waals surface area (Å²) in [4.78, 5) is 14.5. The van der Waals surface area contributed by atoms with Crippen LogP contribution in [0.4, 0.5) is 0 Å². The second-order valence-electron chi connectivity index (χ2n) is 6.52. The molecule has 0 atom stereocenters. The van der Waals surface area contributed by atoms with Crippen LogP contribution < -0.4 is 10.6 Å². The van der Waals surface area contributed by atoms with Crippen molar-refractivity contribution < 1.29 is 4.79 Å². The monoisotopic (exact) mass is 306 g/mol. The Labute approximate surface area is 131 Å². The minimum atomic E-state index is -0.0980. The van der Waals surface area contributed by atoms with E-state index >= 15 is 0 Å². The van der Waals surface area contributed by atoms with Crippen molar-refractivity contribution in [1.29, 1.82) is 0 Å². The minimum Gasteiger partial charge on any atom is -0.350 e. The number of hydrogen-bond donors (Lipinski definition) is 2. The van der Waals surface area contributed by atoms with E-state index < -0.39 is 0 Å². The van der Waals surface area contributed by atoms with Gasteiger partial charge in [-0.05, 0) is 64.8 Å². The van der Waals surface area contributed by atoms with Crippen molar-refractivity contribution in [1.82, 2.24) is 30.5 Å². The number of carbonyl (C=O) groups excluding carboxylic acids is 1. The van der Waals surface area contributed by atoms with E-state index in [0.717, 1.165) is 58.4 Å². The van der Waals surface area contributed by atoms with Gasteiger partial charge in [-0.2, -0.15) is 0 Å². The van der Waals surface area contributed by atoms with E-state index in [1.807, 2.05) is 4.68 Å². The topological polar surface area (TPSA) is 75.1 Å². The number of amides is 1. The molecule has 0 aliphatic carbocycles. The van der Waals surface area contributed by atoms with Crippen LogP contribution in [-0.4, -0.2) is 65.6 Å². The van der Waals surface area contributed by atoms with Gasteiger partial charge in [-0.3, -0.25) is 4.79 Å². The molecule has 2 aliphatic rings. The van der Waals surface area contributed by atoms with Gasteiger partial charge in [-0.25, -0.2) is 4.68 Å². The van der Waals surface area contributed by atoms with Gasteiger partial charge >= 0.3 is 0 Å². The minimum absolute atomic E-state index is 0.0980. The molecule has 3 heterocycles. The van der Waals surface area contributed by atoms with Crippen molar-refractivity contribution in [3.05, 3.63) is 11.9 Å². The number of carbonyl (C=O) groups is 1. The van der Waals surface area contributed by atoms with Crippen molar-refractivity contribution in [2.45, 2.75) is 31.7 Å². The number of nitrogens with one attached hydrogen (secondary N) is 2. The van der Waals surface area contributed by atoms with Crippen molar-refractivity contribution in [3.8, 4) is 0 Å². The second-order valence-corrected chi connectivity index (χ2v) is 6.52. The summed E-state index contributed by atoms with van der Waals surface area (Å²) in [5.74, 6) is 0.485. The van der Waals surface area contributed by atoms with Crippen molar-refractivity contribution in [2.24, 2.45) is 5.92 Å². The highest BCUT2D eigenvalue weighted by atomic mass is 16.2. The maximum atomic E-state index is 12.2. The number of aromatic nitrogens is 3. The lowest BCUT2D eigenvalue weighted by Gasteiger charge is -2.28. The van der Waals surface area contributed by atoms with Crippen molar-refractivity contribution >= 4 is 5.91 Å². The van der Waals surface area contributed by atoms with Crippen LogP contribution in [0.3, 0.4) is 0 Å². The molecule has 0 unspecified atom stereocenters. The van der Waals surface area contributed by atoms with Crippen LogP contribution in [0, 0.1) is 5.92 Å². The van der Waals surface area contributed by atoms with Gasteiger partial charge < -0.3 is 15.5 Å². The molecule has 1 amide bonds. The predicted octanol–water partition coefficient (Wildman–Crippen LogP) is 0.274.